The first kappa shape index (κ1) is 31.6. The van der Waals surface area contributed by atoms with Gasteiger partial charge in [0, 0.05) is 49.9 Å². The molecule has 2 aromatic rings. The van der Waals surface area contributed by atoms with Gasteiger partial charge in [0.25, 0.3) is 5.91 Å². The molecule has 2 saturated carbocycles. The van der Waals surface area contributed by atoms with Gasteiger partial charge in [0.1, 0.15) is 0 Å². The van der Waals surface area contributed by atoms with E-state index >= 15 is 0 Å². The number of rotatable bonds is 9. The summed E-state index contributed by atoms with van der Waals surface area (Å²) in [6.07, 6.45) is 11.5. The zero-order valence-electron chi connectivity index (χ0n) is 26.9. The van der Waals surface area contributed by atoms with Crippen molar-refractivity contribution in [2.75, 3.05) is 26.2 Å². The Hall–Kier alpha value is -3.39. The first-order chi connectivity index (χ1) is 22.0. The Bertz CT molecular complexity index is 1290. The molecule has 2 saturated heterocycles. The molecule has 8 heteroatoms. The number of ether oxygens (including phenoxy) is 1. The van der Waals surface area contributed by atoms with E-state index in [0.717, 1.165) is 77.5 Å². The molecule has 4 fully saturated rings. The lowest BCUT2D eigenvalue weighted by atomic mass is 9.84. The third-order valence-corrected chi connectivity index (χ3v) is 10.6. The number of piperidine rings is 1. The lowest BCUT2D eigenvalue weighted by molar-refractivity contribution is -0.150. The number of hydrogen-bond donors (Lipinski definition) is 1. The van der Waals surface area contributed by atoms with E-state index in [0.29, 0.717) is 18.2 Å². The van der Waals surface area contributed by atoms with Gasteiger partial charge < -0.3 is 19.9 Å². The third-order valence-electron chi connectivity index (χ3n) is 10.6. The third kappa shape index (κ3) is 7.37. The fourth-order valence-corrected chi connectivity index (χ4v) is 8.15. The summed E-state index contributed by atoms with van der Waals surface area (Å²) in [6, 6.07) is 19.3. The van der Waals surface area contributed by atoms with Gasteiger partial charge >= 0.3 is 12.0 Å². The zero-order valence-corrected chi connectivity index (χ0v) is 26.9. The Morgan fingerprint density at radius 1 is 0.822 bits per heavy atom. The molecule has 2 heterocycles. The fraction of sp³-hybridized carbons (Fsp3) is 0.595. The van der Waals surface area contributed by atoms with Gasteiger partial charge in [-0.3, -0.25) is 14.5 Å². The molecule has 242 valence electrons. The number of benzene rings is 2. The lowest BCUT2D eigenvalue weighted by Crippen LogP contribution is -2.48. The van der Waals surface area contributed by atoms with E-state index in [-0.39, 0.29) is 42.0 Å². The van der Waals surface area contributed by atoms with Crippen LogP contribution in [-0.4, -0.2) is 77.0 Å². The van der Waals surface area contributed by atoms with E-state index in [1.165, 1.54) is 30.4 Å². The standard InChI is InChI=1S/C37H50N4O4/c1-2-45-36(43)32-15-9-10-16-33(32)38-35(42)29-19-17-27(18-20-29)25-39-23-21-31(22-24-39)41-34(28-11-5-3-6-12-28)26-40(37(41)44)30-13-7-4-8-14-30/h3,5-6,11-12,17-20,30-34H,2,4,7-10,13-16,21-26H2,1H3,(H,38,42)/t32-,33-,34-/m0/s1. The Kier molecular flexibility index (Phi) is 10.4. The number of urea groups is 1. The van der Waals surface area contributed by atoms with Crippen LogP contribution in [-0.2, 0) is 16.1 Å². The molecule has 4 aliphatic rings. The molecule has 1 N–H and O–H groups in total. The van der Waals surface area contributed by atoms with Crippen molar-refractivity contribution in [3.8, 4) is 0 Å². The molecule has 0 unspecified atom stereocenters. The van der Waals surface area contributed by atoms with Crippen molar-refractivity contribution in [1.29, 1.82) is 0 Å². The predicted molar refractivity (Wildman–Crippen MR) is 175 cm³/mol. The molecule has 8 nitrogen and oxygen atoms in total. The van der Waals surface area contributed by atoms with Crippen LogP contribution >= 0.6 is 0 Å². The Balaban J connectivity index is 1.04. The number of amides is 3. The second-order valence-electron chi connectivity index (χ2n) is 13.5. The zero-order chi connectivity index (χ0) is 31.2. The van der Waals surface area contributed by atoms with Crippen LogP contribution in [0.3, 0.4) is 0 Å². The van der Waals surface area contributed by atoms with E-state index in [2.05, 4.69) is 50.3 Å². The van der Waals surface area contributed by atoms with Crippen LogP contribution in [0.25, 0.3) is 0 Å². The van der Waals surface area contributed by atoms with Gasteiger partial charge in [-0.05, 0) is 68.7 Å². The van der Waals surface area contributed by atoms with E-state index in [1.54, 1.807) is 0 Å². The summed E-state index contributed by atoms with van der Waals surface area (Å²) >= 11 is 0. The van der Waals surface area contributed by atoms with Gasteiger partial charge in [0.15, 0.2) is 0 Å². The van der Waals surface area contributed by atoms with Crippen molar-refractivity contribution in [2.24, 2.45) is 5.92 Å². The minimum atomic E-state index is -0.265. The largest absolute Gasteiger partial charge is 0.466 e. The Morgan fingerprint density at radius 3 is 2.22 bits per heavy atom. The van der Waals surface area contributed by atoms with E-state index in [4.69, 9.17) is 4.74 Å². The highest BCUT2D eigenvalue weighted by molar-refractivity contribution is 5.94. The van der Waals surface area contributed by atoms with Gasteiger partial charge in [-0.2, -0.15) is 0 Å². The molecular formula is C37H50N4O4. The average Bonchev–Trinajstić information content (AvgIpc) is 3.43. The van der Waals surface area contributed by atoms with Crippen molar-refractivity contribution in [3.63, 3.8) is 0 Å². The van der Waals surface area contributed by atoms with Crippen molar-refractivity contribution in [2.45, 2.75) is 108 Å². The highest BCUT2D eigenvalue weighted by atomic mass is 16.5. The lowest BCUT2D eigenvalue weighted by Gasteiger charge is -2.39. The van der Waals surface area contributed by atoms with Crippen LogP contribution < -0.4 is 5.32 Å². The Morgan fingerprint density at radius 2 is 1.51 bits per heavy atom. The number of hydrogen-bond acceptors (Lipinski definition) is 5. The molecule has 2 aliphatic heterocycles. The Labute approximate surface area is 268 Å². The van der Waals surface area contributed by atoms with Crippen LogP contribution in [0.1, 0.15) is 105 Å². The summed E-state index contributed by atoms with van der Waals surface area (Å²) in [5, 5.41) is 3.11. The molecular weight excluding hydrogens is 564 g/mol. The van der Waals surface area contributed by atoms with Crippen molar-refractivity contribution < 1.29 is 19.1 Å². The highest BCUT2D eigenvalue weighted by Crippen LogP contribution is 2.38. The van der Waals surface area contributed by atoms with Crippen LogP contribution in [0.5, 0.6) is 0 Å². The molecule has 0 radical (unpaired) electrons. The number of likely N-dealkylation sites (tertiary alicyclic amines) is 1. The average molecular weight is 615 g/mol. The maximum Gasteiger partial charge on any atom is 0.321 e. The van der Waals surface area contributed by atoms with Crippen molar-refractivity contribution in [1.82, 2.24) is 20.0 Å². The van der Waals surface area contributed by atoms with Gasteiger partial charge in [-0.1, -0.05) is 74.6 Å². The van der Waals surface area contributed by atoms with Gasteiger partial charge in [0.05, 0.1) is 18.6 Å². The summed E-state index contributed by atoms with van der Waals surface area (Å²) in [6.45, 7) is 5.69. The van der Waals surface area contributed by atoms with Crippen LogP contribution in [0, 0.1) is 5.92 Å². The first-order valence-electron chi connectivity index (χ1n) is 17.4. The van der Waals surface area contributed by atoms with E-state index < -0.39 is 0 Å². The van der Waals surface area contributed by atoms with Crippen molar-refractivity contribution in [3.05, 3.63) is 71.3 Å². The molecule has 2 aromatic carbocycles. The van der Waals surface area contributed by atoms with Crippen LogP contribution in [0.2, 0.25) is 0 Å². The number of nitrogens with one attached hydrogen (secondary N) is 1. The second kappa shape index (κ2) is 14.8. The smallest absolute Gasteiger partial charge is 0.321 e. The highest BCUT2D eigenvalue weighted by Gasteiger charge is 2.45. The van der Waals surface area contributed by atoms with Gasteiger partial charge in [-0.15, -0.1) is 0 Å². The summed E-state index contributed by atoms with van der Waals surface area (Å²) < 4.78 is 5.27. The molecule has 0 spiro atoms. The minimum Gasteiger partial charge on any atom is -0.466 e. The summed E-state index contributed by atoms with van der Waals surface area (Å²) in [4.78, 5) is 46.3. The number of carbonyl (C=O) groups excluding carboxylic acids is 3. The number of carbonyl (C=O) groups is 3. The number of esters is 1. The SMILES string of the molecule is CCOC(=O)[C@H]1CCCC[C@@H]1NC(=O)c1ccc(CN2CCC(N3C(=O)N(C4CCCCC4)C[C@H]3c3ccccc3)CC2)cc1. The van der Waals surface area contributed by atoms with Gasteiger partial charge in [-0.25, -0.2) is 4.79 Å². The fourth-order valence-electron chi connectivity index (χ4n) is 8.15. The maximum absolute atomic E-state index is 13.9. The van der Waals surface area contributed by atoms with Crippen molar-refractivity contribution >= 4 is 17.9 Å². The topological polar surface area (TPSA) is 82.2 Å². The normalized spacial score (nSPS) is 25.4. The van der Waals surface area contributed by atoms with Crippen LogP contribution in [0.4, 0.5) is 4.79 Å². The molecule has 0 aromatic heterocycles. The van der Waals surface area contributed by atoms with E-state index in [1.807, 2.05) is 31.2 Å². The summed E-state index contributed by atoms with van der Waals surface area (Å²) in [5.74, 6) is -0.596. The molecule has 0 bridgehead atoms. The minimum absolute atomic E-state index is 0.122. The molecule has 3 atom stereocenters. The predicted octanol–water partition coefficient (Wildman–Crippen LogP) is 6.31. The second-order valence-corrected chi connectivity index (χ2v) is 13.5. The van der Waals surface area contributed by atoms with Gasteiger partial charge in [0.2, 0.25) is 0 Å². The summed E-state index contributed by atoms with van der Waals surface area (Å²) in [7, 11) is 0. The maximum atomic E-state index is 13.9. The molecule has 45 heavy (non-hydrogen) atoms. The summed E-state index contributed by atoms with van der Waals surface area (Å²) in [5.41, 5.74) is 3.04. The van der Waals surface area contributed by atoms with Crippen LogP contribution in [0.15, 0.2) is 54.6 Å². The monoisotopic (exact) mass is 614 g/mol. The molecule has 2 aliphatic carbocycles. The van der Waals surface area contributed by atoms with E-state index in [9.17, 15) is 14.4 Å². The molecule has 3 amide bonds. The first-order valence-corrected chi connectivity index (χ1v) is 17.4. The number of nitrogens with zero attached hydrogens (tertiary/aromatic N) is 3. The molecule has 6 rings (SSSR count). The quantitative estimate of drug-likeness (QED) is 0.335.